The zero-order valence-corrected chi connectivity index (χ0v) is 10.5. The van der Waals surface area contributed by atoms with Crippen LogP contribution in [0.2, 0.25) is 0 Å². The SMILES string of the molecule is O=C(O)Cc1cn(CC2Cc3cc(F)ccc3O2)nn1. The summed E-state index contributed by atoms with van der Waals surface area (Å²) in [5, 5.41) is 16.3. The lowest BCUT2D eigenvalue weighted by atomic mass is 10.1. The fourth-order valence-corrected chi connectivity index (χ4v) is 2.26. The first-order valence-electron chi connectivity index (χ1n) is 6.16. The van der Waals surface area contributed by atoms with Crippen molar-refractivity contribution in [2.75, 3.05) is 0 Å². The van der Waals surface area contributed by atoms with Crippen LogP contribution < -0.4 is 4.74 Å². The van der Waals surface area contributed by atoms with Gasteiger partial charge in [-0.2, -0.15) is 0 Å². The molecule has 1 unspecified atom stereocenters. The fourth-order valence-electron chi connectivity index (χ4n) is 2.26. The van der Waals surface area contributed by atoms with E-state index in [2.05, 4.69) is 10.3 Å². The number of nitrogens with zero attached hydrogens (tertiary/aromatic N) is 3. The van der Waals surface area contributed by atoms with Crippen molar-refractivity contribution in [1.82, 2.24) is 15.0 Å². The van der Waals surface area contributed by atoms with Crippen LogP contribution in [-0.4, -0.2) is 32.2 Å². The Labute approximate surface area is 113 Å². The van der Waals surface area contributed by atoms with Gasteiger partial charge in [-0.1, -0.05) is 5.21 Å². The lowest BCUT2D eigenvalue weighted by molar-refractivity contribution is -0.136. The Hall–Kier alpha value is -2.44. The van der Waals surface area contributed by atoms with Crippen molar-refractivity contribution in [3.8, 4) is 5.75 Å². The summed E-state index contributed by atoms with van der Waals surface area (Å²) in [7, 11) is 0. The summed E-state index contributed by atoms with van der Waals surface area (Å²) < 4.78 is 20.3. The van der Waals surface area contributed by atoms with Crippen molar-refractivity contribution in [2.24, 2.45) is 0 Å². The van der Waals surface area contributed by atoms with Crippen molar-refractivity contribution in [3.63, 3.8) is 0 Å². The van der Waals surface area contributed by atoms with E-state index < -0.39 is 5.97 Å². The average Bonchev–Trinajstić information content (AvgIpc) is 2.95. The van der Waals surface area contributed by atoms with Crippen LogP contribution in [0.5, 0.6) is 5.75 Å². The van der Waals surface area contributed by atoms with E-state index in [9.17, 15) is 9.18 Å². The van der Waals surface area contributed by atoms with Gasteiger partial charge in [-0.3, -0.25) is 4.79 Å². The Morgan fingerprint density at radius 1 is 1.55 bits per heavy atom. The Morgan fingerprint density at radius 2 is 2.40 bits per heavy atom. The molecule has 2 heterocycles. The second-order valence-electron chi connectivity index (χ2n) is 4.70. The highest BCUT2D eigenvalue weighted by Gasteiger charge is 2.24. The fraction of sp³-hybridized carbons (Fsp3) is 0.308. The first kappa shape index (κ1) is 12.6. The van der Waals surface area contributed by atoms with Crippen molar-refractivity contribution in [3.05, 3.63) is 41.5 Å². The van der Waals surface area contributed by atoms with Gasteiger partial charge in [-0.25, -0.2) is 9.07 Å². The number of halogens is 1. The quantitative estimate of drug-likeness (QED) is 0.903. The molecule has 1 aliphatic heterocycles. The van der Waals surface area contributed by atoms with E-state index in [0.717, 1.165) is 5.56 Å². The molecule has 20 heavy (non-hydrogen) atoms. The number of fused-ring (bicyclic) bond motifs is 1. The first-order valence-corrected chi connectivity index (χ1v) is 6.16. The van der Waals surface area contributed by atoms with Crippen LogP contribution in [-0.2, 0) is 24.2 Å². The first-order chi connectivity index (χ1) is 9.60. The highest BCUT2D eigenvalue weighted by Crippen LogP contribution is 2.29. The number of ether oxygens (including phenoxy) is 1. The Kier molecular flexibility index (Phi) is 3.09. The number of carboxylic acids is 1. The maximum absolute atomic E-state index is 13.1. The van der Waals surface area contributed by atoms with Crippen LogP contribution in [0, 0.1) is 5.82 Å². The number of aliphatic carboxylic acids is 1. The molecule has 1 aromatic carbocycles. The van der Waals surface area contributed by atoms with Gasteiger partial charge in [0, 0.05) is 18.2 Å². The molecule has 0 saturated heterocycles. The number of hydrogen-bond acceptors (Lipinski definition) is 4. The molecule has 0 fully saturated rings. The van der Waals surface area contributed by atoms with Crippen molar-refractivity contribution < 1.29 is 19.0 Å². The lowest BCUT2D eigenvalue weighted by Gasteiger charge is -2.09. The largest absolute Gasteiger partial charge is 0.488 e. The second-order valence-corrected chi connectivity index (χ2v) is 4.70. The zero-order chi connectivity index (χ0) is 14.1. The Bertz CT molecular complexity index is 656. The third-order valence-electron chi connectivity index (χ3n) is 3.07. The minimum absolute atomic E-state index is 0.147. The minimum atomic E-state index is -0.947. The highest BCUT2D eigenvalue weighted by atomic mass is 19.1. The molecule has 0 aliphatic carbocycles. The standard InChI is InChI=1S/C13H12FN3O3/c14-9-1-2-12-8(3-9)4-11(20-12)7-17-6-10(15-16-17)5-13(18)19/h1-3,6,11H,4-5,7H2,(H,18,19). The predicted molar refractivity (Wildman–Crippen MR) is 65.9 cm³/mol. The molecule has 6 nitrogen and oxygen atoms in total. The van der Waals surface area contributed by atoms with Gasteiger partial charge in [0.05, 0.1) is 18.7 Å². The van der Waals surface area contributed by atoms with Gasteiger partial charge in [0.25, 0.3) is 0 Å². The van der Waals surface area contributed by atoms with Crippen molar-refractivity contribution in [1.29, 1.82) is 0 Å². The van der Waals surface area contributed by atoms with Crippen LogP contribution in [0.3, 0.4) is 0 Å². The number of benzene rings is 1. The van der Waals surface area contributed by atoms with E-state index in [0.29, 0.717) is 24.4 Å². The minimum Gasteiger partial charge on any atom is -0.488 e. The van der Waals surface area contributed by atoms with E-state index in [1.54, 1.807) is 16.9 Å². The summed E-state index contributed by atoms with van der Waals surface area (Å²) in [5.74, 6) is -0.545. The molecular weight excluding hydrogens is 265 g/mol. The van der Waals surface area contributed by atoms with Gasteiger partial charge in [0.1, 0.15) is 17.7 Å². The Balaban J connectivity index is 1.65. The predicted octanol–water partition coefficient (Wildman–Crippen LogP) is 1.05. The topological polar surface area (TPSA) is 77.2 Å². The molecule has 0 radical (unpaired) electrons. The summed E-state index contributed by atoms with van der Waals surface area (Å²) in [5.41, 5.74) is 1.24. The summed E-state index contributed by atoms with van der Waals surface area (Å²) >= 11 is 0. The molecule has 0 bridgehead atoms. The molecular formula is C13H12FN3O3. The number of hydrogen-bond donors (Lipinski definition) is 1. The second kappa shape index (κ2) is 4.92. The van der Waals surface area contributed by atoms with Crippen LogP contribution in [0.4, 0.5) is 4.39 Å². The highest BCUT2D eigenvalue weighted by molar-refractivity contribution is 5.69. The van der Waals surface area contributed by atoms with Crippen LogP contribution >= 0.6 is 0 Å². The third-order valence-corrected chi connectivity index (χ3v) is 3.07. The normalized spacial score (nSPS) is 16.8. The maximum Gasteiger partial charge on any atom is 0.309 e. The van der Waals surface area contributed by atoms with Gasteiger partial charge in [-0.05, 0) is 18.2 Å². The van der Waals surface area contributed by atoms with E-state index in [-0.39, 0.29) is 18.3 Å². The van der Waals surface area contributed by atoms with Gasteiger partial charge in [0.2, 0.25) is 0 Å². The molecule has 2 aromatic rings. The maximum atomic E-state index is 13.1. The van der Waals surface area contributed by atoms with Crippen LogP contribution in [0.15, 0.2) is 24.4 Å². The number of aromatic nitrogens is 3. The molecule has 104 valence electrons. The summed E-state index contributed by atoms with van der Waals surface area (Å²) in [6.07, 6.45) is 1.88. The lowest BCUT2D eigenvalue weighted by Crippen LogP contribution is -2.21. The summed E-state index contributed by atoms with van der Waals surface area (Å²) in [6, 6.07) is 4.44. The molecule has 1 atom stereocenters. The molecule has 1 aromatic heterocycles. The molecule has 0 spiro atoms. The van der Waals surface area contributed by atoms with Crippen molar-refractivity contribution in [2.45, 2.75) is 25.5 Å². The average molecular weight is 277 g/mol. The van der Waals surface area contributed by atoms with Gasteiger partial charge in [-0.15, -0.1) is 5.10 Å². The molecule has 0 saturated carbocycles. The monoisotopic (exact) mass is 277 g/mol. The summed E-state index contributed by atoms with van der Waals surface area (Å²) in [6.45, 7) is 0.447. The summed E-state index contributed by atoms with van der Waals surface area (Å²) in [4.78, 5) is 10.6. The van der Waals surface area contributed by atoms with Crippen molar-refractivity contribution >= 4 is 5.97 Å². The van der Waals surface area contributed by atoms with Gasteiger partial charge < -0.3 is 9.84 Å². The Morgan fingerprint density at radius 3 is 3.20 bits per heavy atom. The van der Waals surface area contributed by atoms with E-state index in [1.807, 2.05) is 0 Å². The smallest absolute Gasteiger partial charge is 0.309 e. The molecule has 1 aliphatic rings. The number of rotatable bonds is 4. The molecule has 3 rings (SSSR count). The van der Waals surface area contributed by atoms with Crippen LogP contribution in [0.25, 0.3) is 0 Å². The number of carboxylic acid groups (broad SMARTS) is 1. The third kappa shape index (κ3) is 2.61. The van der Waals surface area contributed by atoms with E-state index >= 15 is 0 Å². The van der Waals surface area contributed by atoms with Crippen LogP contribution in [0.1, 0.15) is 11.3 Å². The number of carbonyl (C=O) groups is 1. The van der Waals surface area contributed by atoms with E-state index in [1.165, 1.54) is 12.1 Å². The van der Waals surface area contributed by atoms with Gasteiger partial charge >= 0.3 is 5.97 Å². The van der Waals surface area contributed by atoms with E-state index in [4.69, 9.17) is 9.84 Å². The molecule has 1 N–H and O–H groups in total. The van der Waals surface area contributed by atoms with Gasteiger partial charge in [0.15, 0.2) is 0 Å². The molecule has 7 heteroatoms. The zero-order valence-electron chi connectivity index (χ0n) is 10.5. The molecule has 0 amide bonds.